The fourth-order valence-electron chi connectivity index (χ4n) is 4.08. The molecule has 0 amide bonds. The van der Waals surface area contributed by atoms with Crippen LogP contribution in [-0.2, 0) is 6.61 Å². The van der Waals surface area contributed by atoms with E-state index >= 15 is 0 Å². The molecule has 0 spiro atoms. The molecule has 3 aromatic rings. The minimum Gasteiger partial charge on any atom is -0.489 e. The second-order valence-electron chi connectivity index (χ2n) is 7.62. The van der Waals surface area contributed by atoms with Crippen LogP contribution in [0.4, 0.5) is 5.69 Å². The highest BCUT2D eigenvalue weighted by atomic mass is 35.5. The first kappa shape index (κ1) is 18.9. The number of nitrogen functional groups attached to an aromatic ring is 1. The van der Waals surface area contributed by atoms with Gasteiger partial charge in [-0.25, -0.2) is 0 Å². The van der Waals surface area contributed by atoms with E-state index in [4.69, 9.17) is 22.1 Å². The first-order valence-electron chi connectivity index (χ1n) is 10.1. The molecule has 0 aromatic heterocycles. The fraction of sp³-hybridized carbons (Fsp3) is 0.280. The maximum atomic E-state index is 6.09. The summed E-state index contributed by atoms with van der Waals surface area (Å²) in [6, 6.07) is 22.5. The first-order valence-corrected chi connectivity index (χ1v) is 10.4. The molecule has 0 aliphatic heterocycles. The standard InChI is InChI=1S/C25H26ClNO/c26-22-10-6-20(7-11-22)25-15-12-23(27)16-21(25)17-28-24-13-8-19(9-14-24)18-4-2-1-3-5-18/h6-16,18H,1-5,17,27H2. The topological polar surface area (TPSA) is 35.2 Å². The number of benzene rings is 3. The number of hydrogen-bond donors (Lipinski definition) is 1. The van der Waals surface area contributed by atoms with Crippen molar-refractivity contribution in [2.45, 2.75) is 44.6 Å². The summed E-state index contributed by atoms with van der Waals surface area (Å²) in [4.78, 5) is 0. The van der Waals surface area contributed by atoms with Crippen LogP contribution in [0.5, 0.6) is 5.75 Å². The minimum absolute atomic E-state index is 0.478. The zero-order valence-corrected chi connectivity index (χ0v) is 16.8. The predicted octanol–water partition coefficient (Wildman–Crippen LogP) is 7.22. The summed E-state index contributed by atoms with van der Waals surface area (Å²) in [6.45, 7) is 0.478. The molecule has 0 atom stereocenters. The van der Waals surface area contributed by atoms with Gasteiger partial charge < -0.3 is 10.5 Å². The molecule has 1 saturated carbocycles. The molecule has 0 saturated heterocycles. The number of nitrogens with two attached hydrogens (primary N) is 1. The number of ether oxygens (including phenoxy) is 1. The van der Waals surface area contributed by atoms with E-state index in [0.717, 1.165) is 33.1 Å². The molecule has 0 bridgehead atoms. The smallest absolute Gasteiger partial charge is 0.119 e. The van der Waals surface area contributed by atoms with Crippen molar-refractivity contribution in [1.29, 1.82) is 0 Å². The van der Waals surface area contributed by atoms with Crippen LogP contribution in [0.25, 0.3) is 11.1 Å². The van der Waals surface area contributed by atoms with E-state index in [-0.39, 0.29) is 0 Å². The third-order valence-electron chi connectivity index (χ3n) is 5.64. The van der Waals surface area contributed by atoms with Gasteiger partial charge in [-0.2, -0.15) is 0 Å². The Kier molecular flexibility index (Phi) is 5.87. The van der Waals surface area contributed by atoms with Crippen LogP contribution in [0, 0.1) is 0 Å². The second-order valence-corrected chi connectivity index (χ2v) is 8.05. The van der Waals surface area contributed by atoms with Gasteiger partial charge in [0.25, 0.3) is 0 Å². The van der Waals surface area contributed by atoms with Crippen LogP contribution in [0.1, 0.15) is 49.1 Å². The molecule has 3 aromatic carbocycles. The molecule has 28 heavy (non-hydrogen) atoms. The highest BCUT2D eigenvalue weighted by Gasteiger charge is 2.15. The predicted molar refractivity (Wildman–Crippen MR) is 118 cm³/mol. The normalized spacial score (nSPS) is 14.8. The van der Waals surface area contributed by atoms with Crippen molar-refractivity contribution in [2.24, 2.45) is 0 Å². The highest BCUT2D eigenvalue weighted by molar-refractivity contribution is 6.30. The maximum absolute atomic E-state index is 6.09. The second kappa shape index (κ2) is 8.70. The summed E-state index contributed by atoms with van der Waals surface area (Å²) in [5, 5.41) is 0.732. The van der Waals surface area contributed by atoms with Crippen LogP contribution in [0.15, 0.2) is 66.7 Å². The zero-order valence-electron chi connectivity index (χ0n) is 16.0. The van der Waals surface area contributed by atoms with Crippen molar-refractivity contribution in [3.8, 4) is 16.9 Å². The lowest BCUT2D eigenvalue weighted by molar-refractivity contribution is 0.306. The van der Waals surface area contributed by atoms with Gasteiger partial charge in [-0.15, -0.1) is 0 Å². The zero-order chi connectivity index (χ0) is 19.3. The van der Waals surface area contributed by atoms with Crippen LogP contribution < -0.4 is 10.5 Å². The molecule has 2 N–H and O–H groups in total. The number of anilines is 1. The van der Waals surface area contributed by atoms with E-state index in [1.807, 2.05) is 42.5 Å². The summed E-state index contributed by atoms with van der Waals surface area (Å²) in [6.07, 6.45) is 6.72. The number of rotatable bonds is 5. The lowest BCUT2D eigenvalue weighted by Gasteiger charge is -2.22. The average Bonchev–Trinajstić information content (AvgIpc) is 2.74. The van der Waals surface area contributed by atoms with E-state index in [9.17, 15) is 0 Å². The van der Waals surface area contributed by atoms with Crippen molar-refractivity contribution in [1.82, 2.24) is 0 Å². The molecule has 0 radical (unpaired) electrons. The van der Waals surface area contributed by atoms with Gasteiger partial charge in [0.2, 0.25) is 0 Å². The molecule has 0 unspecified atom stereocenters. The van der Waals surface area contributed by atoms with Gasteiger partial charge in [-0.1, -0.05) is 61.2 Å². The van der Waals surface area contributed by atoms with Crippen molar-refractivity contribution in [3.63, 3.8) is 0 Å². The molecule has 144 valence electrons. The highest BCUT2D eigenvalue weighted by Crippen LogP contribution is 2.33. The third kappa shape index (κ3) is 4.51. The summed E-state index contributed by atoms with van der Waals surface area (Å²) < 4.78 is 6.09. The van der Waals surface area contributed by atoms with Gasteiger partial charge in [0.1, 0.15) is 12.4 Å². The molecule has 1 aliphatic carbocycles. The first-order chi connectivity index (χ1) is 13.7. The molecule has 1 fully saturated rings. The van der Waals surface area contributed by atoms with Gasteiger partial charge in [0.15, 0.2) is 0 Å². The van der Waals surface area contributed by atoms with Crippen molar-refractivity contribution < 1.29 is 4.74 Å². The SMILES string of the molecule is Nc1ccc(-c2ccc(Cl)cc2)c(COc2ccc(C3CCCCC3)cc2)c1. The molecule has 3 heteroatoms. The largest absolute Gasteiger partial charge is 0.489 e. The lowest BCUT2D eigenvalue weighted by Crippen LogP contribution is -2.04. The third-order valence-corrected chi connectivity index (χ3v) is 5.89. The summed E-state index contributed by atoms with van der Waals surface area (Å²) in [5.41, 5.74) is 11.5. The van der Waals surface area contributed by atoms with Gasteiger partial charge in [-0.05, 0) is 77.4 Å². The van der Waals surface area contributed by atoms with E-state index in [0.29, 0.717) is 12.5 Å². The lowest BCUT2D eigenvalue weighted by atomic mass is 9.84. The maximum Gasteiger partial charge on any atom is 0.119 e. The quantitative estimate of drug-likeness (QED) is 0.466. The van der Waals surface area contributed by atoms with Crippen molar-refractivity contribution >= 4 is 17.3 Å². The van der Waals surface area contributed by atoms with E-state index in [2.05, 4.69) is 24.3 Å². The Labute approximate surface area is 172 Å². The molecular weight excluding hydrogens is 366 g/mol. The van der Waals surface area contributed by atoms with Crippen LogP contribution in [-0.4, -0.2) is 0 Å². The molecule has 1 aliphatic rings. The Morgan fingerprint density at radius 2 is 1.57 bits per heavy atom. The van der Waals surface area contributed by atoms with E-state index < -0.39 is 0 Å². The van der Waals surface area contributed by atoms with Gasteiger partial charge in [-0.3, -0.25) is 0 Å². The summed E-state index contributed by atoms with van der Waals surface area (Å²) in [5.74, 6) is 1.61. The van der Waals surface area contributed by atoms with Crippen LogP contribution in [0.2, 0.25) is 5.02 Å². The van der Waals surface area contributed by atoms with Crippen molar-refractivity contribution in [3.05, 3.63) is 82.9 Å². The number of halogens is 1. The Bertz CT molecular complexity index is 912. The fourth-order valence-corrected chi connectivity index (χ4v) is 4.20. The van der Waals surface area contributed by atoms with Gasteiger partial charge >= 0.3 is 0 Å². The van der Waals surface area contributed by atoms with E-state index in [1.54, 1.807) is 0 Å². The van der Waals surface area contributed by atoms with Crippen molar-refractivity contribution in [2.75, 3.05) is 5.73 Å². The molecule has 0 heterocycles. The van der Waals surface area contributed by atoms with Crippen LogP contribution in [0.3, 0.4) is 0 Å². The van der Waals surface area contributed by atoms with Crippen LogP contribution >= 0.6 is 11.6 Å². The Morgan fingerprint density at radius 3 is 2.29 bits per heavy atom. The molecule has 2 nitrogen and oxygen atoms in total. The van der Waals surface area contributed by atoms with Gasteiger partial charge in [0, 0.05) is 10.7 Å². The minimum atomic E-state index is 0.478. The Morgan fingerprint density at radius 1 is 0.857 bits per heavy atom. The van der Waals surface area contributed by atoms with Gasteiger partial charge in [0.05, 0.1) is 0 Å². The Balaban J connectivity index is 1.48. The summed E-state index contributed by atoms with van der Waals surface area (Å²) >= 11 is 6.03. The van der Waals surface area contributed by atoms with E-state index in [1.165, 1.54) is 37.7 Å². The monoisotopic (exact) mass is 391 g/mol. The molecule has 4 rings (SSSR count). The number of hydrogen-bond acceptors (Lipinski definition) is 2. The summed E-state index contributed by atoms with van der Waals surface area (Å²) in [7, 11) is 0. The average molecular weight is 392 g/mol. The Hall–Kier alpha value is -2.45. The molecular formula is C25H26ClNO.